The fourth-order valence-electron chi connectivity index (χ4n) is 3.53. The lowest BCUT2D eigenvalue weighted by Crippen LogP contribution is -2.58. The molecule has 1 saturated heterocycles. The number of amides is 3. The van der Waals surface area contributed by atoms with E-state index >= 15 is 0 Å². The normalized spacial score (nSPS) is 18.6. The Balaban J connectivity index is 1.79. The van der Waals surface area contributed by atoms with E-state index in [0.717, 1.165) is 9.37 Å². The number of hydrogen-bond acceptors (Lipinski definition) is 3. The van der Waals surface area contributed by atoms with Crippen LogP contribution in [0.4, 0.5) is 10.5 Å². The van der Waals surface area contributed by atoms with E-state index in [2.05, 4.69) is 21.2 Å². The molecule has 0 aliphatic carbocycles. The van der Waals surface area contributed by atoms with E-state index in [1.165, 1.54) is 0 Å². The van der Waals surface area contributed by atoms with Gasteiger partial charge in [0.1, 0.15) is 5.92 Å². The van der Waals surface area contributed by atoms with Crippen molar-refractivity contribution in [2.45, 2.75) is 6.04 Å². The van der Waals surface area contributed by atoms with Crippen LogP contribution in [0.3, 0.4) is 0 Å². The first-order chi connectivity index (χ1) is 14.8. The molecule has 1 heterocycles. The topological polar surface area (TPSA) is 66.5 Å². The Morgan fingerprint density at radius 3 is 2.13 bits per heavy atom. The van der Waals surface area contributed by atoms with Crippen molar-refractivity contribution in [1.82, 2.24) is 5.32 Å². The minimum Gasteiger partial charge on any atom is -0.329 e. The fourth-order valence-corrected chi connectivity index (χ4v) is 4.20. The zero-order chi connectivity index (χ0) is 22.1. The number of Topliss-reactive ketones (excluding diaryl/α,β-unsaturated/α-hetero) is 1. The molecule has 2 unspecified atom stereocenters. The molecule has 1 aliphatic heterocycles. The van der Waals surface area contributed by atoms with Crippen LogP contribution in [0.5, 0.6) is 0 Å². The Morgan fingerprint density at radius 2 is 1.52 bits per heavy atom. The molecule has 31 heavy (non-hydrogen) atoms. The van der Waals surface area contributed by atoms with Gasteiger partial charge in [-0.25, -0.2) is 9.69 Å². The van der Waals surface area contributed by atoms with Gasteiger partial charge in [0.25, 0.3) is 0 Å². The monoisotopic (exact) mass is 516 g/mol. The maximum Gasteiger partial charge on any atom is 0.329 e. The summed E-state index contributed by atoms with van der Waals surface area (Å²) in [5.74, 6) is -2.19. The molecule has 3 aromatic rings. The summed E-state index contributed by atoms with van der Waals surface area (Å²) in [6.07, 6.45) is 0. The van der Waals surface area contributed by atoms with Gasteiger partial charge in [0.05, 0.1) is 11.7 Å². The van der Waals surface area contributed by atoms with E-state index in [1.54, 1.807) is 66.7 Å². The molecule has 4 rings (SSSR count). The van der Waals surface area contributed by atoms with Crippen molar-refractivity contribution in [3.05, 3.63) is 98.4 Å². The maximum absolute atomic E-state index is 13.5. The first-order valence-corrected chi connectivity index (χ1v) is 10.9. The van der Waals surface area contributed by atoms with Crippen molar-refractivity contribution >= 4 is 62.5 Å². The first kappa shape index (κ1) is 21.6. The van der Waals surface area contributed by atoms with Gasteiger partial charge in [0.2, 0.25) is 5.91 Å². The number of ketones is 1. The van der Waals surface area contributed by atoms with Gasteiger partial charge in [-0.15, -0.1) is 0 Å². The molecule has 1 fully saturated rings. The number of nitrogens with one attached hydrogen (secondary N) is 1. The minimum absolute atomic E-state index is 0.327. The number of hydrogen-bond donors (Lipinski definition) is 1. The number of benzene rings is 3. The van der Waals surface area contributed by atoms with Crippen LogP contribution >= 0.6 is 39.1 Å². The highest BCUT2D eigenvalue weighted by Gasteiger charge is 2.46. The quantitative estimate of drug-likeness (QED) is 0.338. The average Bonchev–Trinajstić information content (AvgIpc) is 2.75. The number of carbonyl (C=O) groups excluding carboxylic acids is 3. The zero-order valence-electron chi connectivity index (χ0n) is 15.9. The van der Waals surface area contributed by atoms with Crippen molar-refractivity contribution in [2.75, 3.05) is 4.90 Å². The van der Waals surface area contributed by atoms with E-state index in [-0.39, 0.29) is 0 Å². The zero-order valence-corrected chi connectivity index (χ0v) is 19.0. The van der Waals surface area contributed by atoms with Crippen LogP contribution in [-0.4, -0.2) is 17.7 Å². The summed E-state index contributed by atoms with van der Waals surface area (Å²) in [6.45, 7) is 0. The van der Waals surface area contributed by atoms with E-state index in [4.69, 9.17) is 23.2 Å². The number of nitrogens with zero attached hydrogens (tertiary/aromatic N) is 1. The minimum atomic E-state index is -1.16. The van der Waals surface area contributed by atoms with Crippen molar-refractivity contribution in [3.63, 3.8) is 0 Å². The molecule has 2 atom stereocenters. The lowest BCUT2D eigenvalue weighted by Gasteiger charge is -2.37. The van der Waals surface area contributed by atoms with Gasteiger partial charge in [-0.05, 0) is 66.2 Å². The number of urea groups is 1. The smallest absolute Gasteiger partial charge is 0.329 e. The van der Waals surface area contributed by atoms with Crippen molar-refractivity contribution < 1.29 is 14.4 Å². The molecule has 0 saturated carbocycles. The van der Waals surface area contributed by atoms with Crippen LogP contribution < -0.4 is 10.2 Å². The number of halogens is 3. The standard InChI is InChI=1S/C23H15BrCl2N2O3/c24-15-3-1-2-14(12-15)20-19(21(29)13-4-6-16(25)7-5-13)22(30)28(23(31)27-20)18-10-8-17(26)9-11-18/h1-12,19-20H,(H,27,31). The molecule has 3 aromatic carbocycles. The summed E-state index contributed by atoms with van der Waals surface area (Å²) >= 11 is 15.3. The average molecular weight is 518 g/mol. The molecule has 0 spiro atoms. The van der Waals surface area contributed by atoms with Gasteiger partial charge in [-0.1, -0.05) is 51.3 Å². The van der Waals surface area contributed by atoms with Crippen LogP contribution in [0.1, 0.15) is 22.0 Å². The third-order valence-electron chi connectivity index (χ3n) is 5.01. The Bertz CT molecular complexity index is 1170. The second kappa shape index (κ2) is 8.83. The van der Waals surface area contributed by atoms with Crippen LogP contribution in [0.15, 0.2) is 77.3 Å². The van der Waals surface area contributed by atoms with Crippen molar-refractivity contribution in [3.8, 4) is 0 Å². The molecule has 0 radical (unpaired) electrons. The number of carbonyl (C=O) groups is 3. The molecule has 3 amide bonds. The summed E-state index contributed by atoms with van der Waals surface area (Å²) in [5, 5.41) is 3.78. The third-order valence-corrected chi connectivity index (χ3v) is 6.00. The second-order valence-electron chi connectivity index (χ2n) is 6.98. The lowest BCUT2D eigenvalue weighted by molar-refractivity contribution is -0.121. The summed E-state index contributed by atoms with van der Waals surface area (Å²) in [6, 6.07) is 18.3. The van der Waals surface area contributed by atoms with E-state index < -0.39 is 29.7 Å². The third kappa shape index (κ3) is 4.37. The molecule has 5 nitrogen and oxygen atoms in total. The molecule has 0 bridgehead atoms. The van der Waals surface area contributed by atoms with Crippen LogP contribution in [0.25, 0.3) is 0 Å². The predicted octanol–water partition coefficient (Wildman–Crippen LogP) is 6.05. The fraction of sp³-hybridized carbons (Fsp3) is 0.0870. The highest BCUT2D eigenvalue weighted by molar-refractivity contribution is 9.10. The Hall–Kier alpha value is -2.67. The van der Waals surface area contributed by atoms with Gasteiger partial charge < -0.3 is 5.32 Å². The molecular weight excluding hydrogens is 503 g/mol. The molecule has 0 aromatic heterocycles. The Kier molecular flexibility index (Phi) is 6.14. The van der Waals surface area contributed by atoms with Crippen LogP contribution in [-0.2, 0) is 4.79 Å². The summed E-state index contributed by atoms with van der Waals surface area (Å²) < 4.78 is 0.768. The lowest BCUT2D eigenvalue weighted by atomic mass is 9.84. The van der Waals surface area contributed by atoms with E-state index in [0.29, 0.717) is 26.9 Å². The maximum atomic E-state index is 13.5. The Labute approximate surface area is 197 Å². The van der Waals surface area contributed by atoms with Crippen molar-refractivity contribution in [2.24, 2.45) is 5.92 Å². The summed E-state index contributed by atoms with van der Waals surface area (Å²) in [7, 11) is 0. The summed E-state index contributed by atoms with van der Waals surface area (Å²) in [4.78, 5) is 40.9. The molecule has 1 N–H and O–H groups in total. The van der Waals surface area contributed by atoms with Gasteiger partial charge >= 0.3 is 6.03 Å². The predicted molar refractivity (Wildman–Crippen MR) is 124 cm³/mol. The van der Waals surface area contributed by atoms with Crippen LogP contribution in [0.2, 0.25) is 10.0 Å². The molecule has 156 valence electrons. The van der Waals surface area contributed by atoms with Crippen molar-refractivity contribution in [1.29, 1.82) is 0 Å². The van der Waals surface area contributed by atoms with Gasteiger partial charge in [-0.3, -0.25) is 9.59 Å². The Morgan fingerprint density at radius 1 is 0.903 bits per heavy atom. The van der Waals surface area contributed by atoms with E-state index in [9.17, 15) is 14.4 Å². The highest BCUT2D eigenvalue weighted by Crippen LogP contribution is 2.34. The second-order valence-corrected chi connectivity index (χ2v) is 8.77. The largest absolute Gasteiger partial charge is 0.329 e. The van der Waals surface area contributed by atoms with Gasteiger partial charge in [0.15, 0.2) is 5.78 Å². The van der Waals surface area contributed by atoms with Gasteiger partial charge in [0, 0.05) is 20.1 Å². The van der Waals surface area contributed by atoms with Crippen LogP contribution in [0, 0.1) is 5.92 Å². The van der Waals surface area contributed by atoms with E-state index in [1.807, 2.05) is 6.07 Å². The number of anilines is 1. The number of rotatable bonds is 4. The number of imide groups is 1. The first-order valence-electron chi connectivity index (χ1n) is 9.30. The SMILES string of the molecule is O=C(c1ccc(Cl)cc1)C1C(=O)N(c2ccc(Cl)cc2)C(=O)NC1c1cccc(Br)c1. The molecule has 8 heteroatoms. The molecular formula is C23H15BrCl2N2O3. The highest BCUT2D eigenvalue weighted by atomic mass is 79.9. The van der Waals surface area contributed by atoms with Gasteiger partial charge in [-0.2, -0.15) is 0 Å². The summed E-state index contributed by atoms with van der Waals surface area (Å²) in [5.41, 5.74) is 1.29. The molecule has 1 aliphatic rings.